The smallest absolute Gasteiger partial charge is 0.161 e. The second kappa shape index (κ2) is 5.62. The molecule has 1 unspecified atom stereocenters. The Balaban J connectivity index is 2.20. The summed E-state index contributed by atoms with van der Waals surface area (Å²) in [7, 11) is 0. The van der Waals surface area contributed by atoms with E-state index in [2.05, 4.69) is 24.2 Å². The predicted molar refractivity (Wildman–Crippen MR) is 77.9 cm³/mol. The minimum Gasteiger partial charge on any atom is -0.333 e. The lowest BCUT2D eigenvalue weighted by Gasteiger charge is -2.29. The molecule has 0 saturated heterocycles. The molecule has 1 atom stereocenters. The molecule has 1 aromatic rings. The van der Waals surface area contributed by atoms with Gasteiger partial charge in [0.05, 0.1) is 22.9 Å². The largest absolute Gasteiger partial charge is 0.333 e. The number of hydrogen-bond donors (Lipinski definition) is 1. The van der Waals surface area contributed by atoms with Crippen LogP contribution >= 0.6 is 11.8 Å². The molecule has 0 aliphatic carbocycles. The third kappa shape index (κ3) is 3.27. The fourth-order valence-corrected chi connectivity index (χ4v) is 3.02. The molecule has 1 N–H and O–H groups in total. The Morgan fingerprint density at radius 2 is 2.37 bits per heavy atom. The maximum absolute atomic E-state index is 13.8. The Hall–Kier alpha value is -1.54. The van der Waals surface area contributed by atoms with Crippen molar-refractivity contribution in [3.8, 4) is 6.07 Å². The molecule has 1 aliphatic rings. The quantitative estimate of drug-likeness (QED) is 0.895. The van der Waals surface area contributed by atoms with Gasteiger partial charge in [-0.3, -0.25) is 4.99 Å². The molecule has 0 saturated carbocycles. The predicted octanol–water partition coefficient (Wildman–Crippen LogP) is 3.77. The minimum atomic E-state index is -0.425. The number of nitrogens with zero attached hydrogens (tertiary/aromatic N) is 2. The van der Waals surface area contributed by atoms with E-state index < -0.39 is 5.82 Å². The topological polar surface area (TPSA) is 48.2 Å². The van der Waals surface area contributed by atoms with Crippen molar-refractivity contribution in [2.45, 2.75) is 32.2 Å². The van der Waals surface area contributed by atoms with Crippen LogP contribution in [0.5, 0.6) is 0 Å². The molecule has 0 aromatic heterocycles. The number of amidine groups is 1. The van der Waals surface area contributed by atoms with E-state index in [-0.39, 0.29) is 5.54 Å². The first-order valence-electron chi connectivity index (χ1n) is 6.25. The molecule has 0 fully saturated rings. The van der Waals surface area contributed by atoms with E-state index >= 15 is 0 Å². The molecule has 0 spiro atoms. The summed E-state index contributed by atoms with van der Waals surface area (Å²) in [6.45, 7) is 4.23. The number of rotatable bonds is 2. The van der Waals surface area contributed by atoms with E-state index in [1.807, 2.05) is 6.07 Å². The molecule has 100 valence electrons. The zero-order chi connectivity index (χ0) is 13.9. The Labute approximate surface area is 116 Å². The lowest BCUT2D eigenvalue weighted by Crippen LogP contribution is -2.29. The molecule has 3 nitrogen and oxygen atoms in total. The van der Waals surface area contributed by atoms with Gasteiger partial charge in [-0.15, -0.1) is 0 Å². The number of anilines is 1. The highest BCUT2D eigenvalue weighted by molar-refractivity contribution is 8.14. The van der Waals surface area contributed by atoms with Gasteiger partial charge in [-0.25, -0.2) is 4.39 Å². The molecule has 5 heteroatoms. The van der Waals surface area contributed by atoms with Crippen LogP contribution in [0.4, 0.5) is 10.1 Å². The lowest BCUT2D eigenvalue weighted by molar-refractivity contribution is 0.443. The fourth-order valence-electron chi connectivity index (χ4n) is 1.82. The molecule has 1 heterocycles. The van der Waals surface area contributed by atoms with Gasteiger partial charge in [0.2, 0.25) is 0 Å². The number of hydrogen-bond acceptors (Lipinski definition) is 4. The van der Waals surface area contributed by atoms with Crippen molar-refractivity contribution in [2.24, 2.45) is 4.99 Å². The summed E-state index contributed by atoms with van der Waals surface area (Å²) in [4.78, 5) is 4.65. The van der Waals surface area contributed by atoms with Crippen LogP contribution in [-0.2, 0) is 0 Å². The number of nitriles is 1. The van der Waals surface area contributed by atoms with Gasteiger partial charge in [0.15, 0.2) is 5.17 Å². The summed E-state index contributed by atoms with van der Waals surface area (Å²) in [6.07, 6.45) is 2.00. The van der Waals surface area contributed by atoms with Gasteiger partial charge in [-0.2, -0.15) is 5.26 Å². The van der Waals surface area contributed by atoms with Crippen molar-refractivity contribution < 1.29 is 4.39 Å². The van der Waals surface area contributed by atoms with E-state index in [1.54, 1.807) is 23.9 Å². The number of aliphatic imine (C=N–C) groups is 1. The second-order valence-electron chi connectivity index (χ2n) is 4.80. The summed E-state index contributed by atoms with van der Waals surface area (Å²) in [5.41, 5.74) is 0.627. The van der Waals surface area contributed by atoms with Gasteiger partial charge in [0.1, 0.15) is 5.82 Å². The van der Waals surface area contributed by atoms with Crippen LogP contribution in [0.3, 0.4) is 0 Å². The van der Waals surface area contributed by atoms with Crippen LogP contribution in [-0.4, -0.2) is 16.5 Å². The second-order valence-corrected chi connectivity index (χ2v) is 5.88. The minimum absolute atomic E-state index is 0.0589. The maximum Gasteiger partial charge on any atom is 0.161 e. The highest BCUT2D eigenvalue weighted by Gasteiger charge is 2.26. The Morgan fingerprint density at radius 3 is 3.00 bits per heavy atom. The van der Waals surface area contributed by atoms with E-state index in [0.29, 0.717) is 11.3 Å². The van der Waals surface area contributed by atoms with Crippen LogP contribution in [0.2, 0.25) is 0 Å². The van der Waals surface area contributed by atoms with Gasteiger partial charge in [-0.1, -0.05) is 18.7 Å². The molecular formula is C14H16FN3S. The Morgan fingerprint density at radius 1 is 1.58 bits per heavy atom. The van der Waals surface area contributed by atoms with Gasteiger partial charge in [-0.05, 0) is 38.0 Å². The Bertz CT molecular complexity index is 550. The lowest BCUT2D eigenvalue weighted by atomic mass is 9.97. The zero-order valence-electron chi connectivity index (χ0n) is 11.0. The SMILES string of the molecule is CCC1(C)CCSC(Nc2ccc(C#N)cc2F)=N1. The van der Waals surface area contributed by atoms with Gasteiger partial charge in [0.25, 0.3) is 0 Å². The van der Waals surface area contributed by atoms with Crippen molar-refractivity contribution in [1.82, 2.24) is 0 Å². The molecule has 2 rings (SSSR count). The normalized spacial score (nSPS) is 22.5. The summed E-state index contributed by atoms with van der Waals surface area (Å²) in [5, 5.41) is 12.5. The third-order valence-corrected chi connectivity index (χ3v) is 4.23. The molecule has 0 bridgehead atoms. The van der Waals surface area contributed by atoms with E-state index in [4.69, 9.17) is 5.26 Å². The highest BCUT2D eigenvalue weighted by atomic mass is 32.2. The summed E-state index contributed by atoms with van der Waals surface area (Å²) in [5.74, 6) is 0.555. The van der Waals surface area contributed by atoms with Crippen molar-refractivity contribution in [3.63, 3.8) is 0 Å². The monoisotopic (exact) mass is 277 g/mol. The number of halogens is 1. The van der Waals surface area contributed by atoms with Gasteiger partial charge < -0.3 is 5.32 Å². The van der Waals surface area contributed by atoms with Crippen molar-refractivity contribution in [2.75, 3.05) is 11.1 Å². The summed E-state index contributed by atoms with van der Waals surface area (Å²) < 4.78 is 13.8. The number of benzene rings is 1. The third-order valence-electron chi connectivity index (χ3n) is 3.35. The molecule has 1 aliphatic heterocycles. The average Bonchev–Trinajstić information content (AvgIpc) is 2.41. The Kier molecular flexibility index (Phi) is 4.11. The molecular weight excluding hydrogens is 261 g/mol. The van der Waals surface area contributed by atoms with Crippen LogP contribution in [0.15, 0.2) is 23.2 Å². The molecule has 1 aromatic carbocycles. The standard InChI is InChI=1S/C14H16FN3S/c1-3-14(2)6-7-19-13(18-14)17-12-5-4-10(9-16)8-11(12)15/h4-5,8H,3,6-7H2,1-2H3,(H,17,18). The maximum atomic E-state index is 13.8. The zero-order valence-corrected chi connectivity index (χ0v) is 11.9. The number of nitrogens with one attached hydrogen (secondary N) is 1. The average molecular weight is 277 g/mol. The van der Waals surface area contributed by atoms with Crippen LogP contribution in [0, 0.1) is 17.1 Å². The van der Waals surface area contributed by atoms with Gasteiger partial charge in [0, 0.05) is 5.75 Å². The fraction of sp³-hybridized carbons (Fsp3) is 0.429. The molecule has 19 heavy (non-hydrogen) atoms. The van der Waals surface area contributed by atoms with Gasteiger partial charge >= 0.3 is 0 Å². The van der Waals surface area contributed by atoms with Crippen molar-refractivity contribution in [1.29, 1.82) is 5.26 Å². The van der Waals surface area contributed by atoms with E-state index in [0.717, 1.165) is 23.8 Å². The van der Waals surface area contributed by atoms with E-state index in [9.17, 15) is 4.39 Å². The summed E-state index contributed by atoms with van der Waals surface area (Å²) in [6, 6.07) is 6.32. The highest BCUT2D eigenvalue weighted by Crippen LogP contribution is 2.30. The first kappa shape index (κ1) is 13.9. The first-order chi connectivity index (χ1) is 9.06. The van der Waals surface area contributed by atoms with E-state index in [1.165, 1.54) is 6.07 Å². The van der Waals surface area contributed by atoms with Crippen LogP contribution in [0.1, 0.15) is 32.3 Å². The molecule has 0 radical (unpaired) electrons. The van der Waals surface area contributed by atoms with Crippen molar-refractivity contribution in [3.05, 3.63) is 29.6 Å². The first-order valence-corrected chi connectivity index (χ1v) is 7.24. The molecule has 0 amide bonds. The number of thioether (sulfide) groups is 1. The van der Waals surface area contributed by atoms with Crippen molar-refractivity contribution >= 4 is 22.6 Å². The summed E-state index contributed by atoms with van der Waals surface area (Å²) >= 11 is 1.60. The van der Waals surface area contributed by atoms with Crippen LogP contribution in [0.25, 0.3) is 0 Å². The van der Waals surface area contributed by atoms with Crippen LogP contribution < -0.4 is 5.32 Å².